The van der Waals surface area contributed by atoms with Gasteiger partial charge in [0.05, 0.1) is 12.2 Å². The zero-order valence-electron chi connectivity index (χ0n) is 7.80. The SMILES string of the molecule is c1ncc2nnn(C3CCCC3)c2n1. The average molecular weight is 189 g/mol. The maximum absolute atomic E-state index is 4.21. The van der Waals surface area contributed by atoms with Gasteiger partial charge in [0.15, 0.2) is 11.2 Å². The Balaban J connectivity index is 2.11. The van der Waals surface area contributed by atoms with E-state index < -0.39 is 0 Å². The van der Waals surface area contributed by atoms with Gasteiger partial charge in [0.2, 0.25) is 0 Å². The van der Waals surface area contributed by atoms with Gasteiger partial charge in [0.25, 0.3) is 0 Å². The fourth-order valence-electron chi connectivity index (χ4n) is 2.10. The highest BCUT2D eigenvalue weighted by Gasteiger charge is 2.20. The number of hydrogen-bond donors (Lipinski definition) is 0. The van der Waals surface area contributed by atoms with E-state index in [4.69, 9.17) is 0 Å². The average Bonchev–Trinajstić information content (AvgIpc) is 2.85. The van der Waals surface area contributed by atoms with Crippen LogP contribution in [0.15, 0.2) is 12.5 Å². The molecular weight excluding hydrogens is 178 g/mol. The minimum absolute atomic E-state index is 0.495. The molecule has 5 heteroatoms. The zero-order valence-corrected chi connectivity index (χ0v) is 7.80. The molecule has 1 fully saturated rings. The Bertz CT molecular complexity index is 443. The van der Waals surface area contributed by atoms with E-state index >= 15 is 0 Å². The first-order chi connectivity index (χ1) is 6.95. The molecule has 2 heterocycles. The second kappa shape index (κ2) is 3.01. The van der Waals surface area contributed by atoms with Gasteiger partial charge in [-0.2, -0.15) is 0 Å². The van der Waals surface area contributed by atoms with Gasteiger partial charge in [0.1, 0.15) is 6.33 Å². The van der Waals surface area contributed by atoms with Crippen molar-refractivity contribution in [2.24, 2.45) is 0 Å². The topological polar surface area (TPSA) is 56.5 Å². The third kappa shape index (κ3) is 1.08. The van der Waals surface area contributed by atoms with Crippen LogP contribution < -0.4 is 0 Å². The summed E-state index contributed by atoms with van der Waals surface area (Å²) < 4.78 is 1.95. The number of aromatic nitrogens is 5. The summed E-state index contributed by atoms with van der Waals surface area (Å²) in [5.41, 5.74) is 1.66. The van der Waals surface area contributed by atoms with Gasteiger partial charge >= 0.3 is 0 Å². The highest BCUT2D eigenvalue weighted by molar-refractivity contribution is 5.67. The fourth-order valence-corrected chi connectivity index (χ4v) is 2.10. The predicted octanol–water partition coefficient (Wildman–Crippen LogP) is 1.34. The van der Waals surface area contributed by atoms with Crippen LogP contribution >= 0.6 is 0 Å². The maximum Gasteiger partial charge on any atom is 0.181 e. The lowest BCUT2D eigenvalue weighted by atomic mass is 10.2. The van der Waals surface area contributed by atoms with E-state index in [-0.39, 0.29) is 0 Å². The summed E-state index contributed by atoms with van der Waals surface area (Å²) in [6.45, 7) is 0. The van der Waals surface area contributed by atoms with Gasteiger partial charge in [-0.1, -0.05) is 18.1 Å². The normalized spacial score (nSPS) is 18.0. The monoisotopic (exact) mass is 189 g/mol. The minimum Gasteiger partial charge on any atom is -0.242 e. The molecule has 0 unspecified atom stereocenters. The summed E-state index contributed by atoms with van der Waals surface area (Å²) in [4.78, 5) is 8.14. The van der Waals surface area contributed by atoms with E-state index in [1.165, 1.54) is 25.7 Å². The van der Waals surface area contributed by atoms with Crippen molar-refractivity contribution in [2.75, 3.05) is 0 Å². The number of hydrogen-bond acceptors (Lipinski definition) is 4. The molecule has 1 saturated carbocycles. The zero-order chi connectivity index (χ0) is 9.38. The van der Waals surface area contributed by atoms with Gasteiger partial charge in [-0.05, 0) is 12.8 Å². The predicted molar refractivity (Wildman–Crippen MR) is 50.6 cm³/mol. The van der Waals surface area contributed by atoms with Crippen LogP contribution in [0.2, 0.25) is 0 Å². The molecule has 0 amide bonds. The summed E-state index contributed by atoms with van der Waals surface area (Å²) in [5, 5.41) is 8.19. The van der Waals surface area contributed by atoms with Crippen LogP contribution in [0.1, 0.15) is 31.7 Å². The lowest BCUT2D eigenvalue weighted by molar-refractivity contribution is 0.464. The Morgan fingerprint density at radius 1 is 1.29 bits per heavy atom. The van der Waals surface area contributed by atoms with Crippen LogP contribution in [-0.2, 0) is 0 Å². The molecule has 0 aliphatic heterocycles. The van der Waals surface area contributed by atoms with Crippen LogP contribution in [0.4, 0.5) is 0 Å². The third-order valence-corrected chi connectivity index (χ3v) is 2.81. The molecule has 0 N–H and O–H groups in total. The molecule has 0 bridgehead atoms. The number of nitrogens with zero attached hydrogens (tertiary/aromatic N) is 5. The van der Waals surface area contributed by atoms with Crippen molar-refractivity contribution in [2.45, 2.75) is 31.7 Å². The van der Waals surface area contributed by atoms with Crippen molar-refractivity contribution in [1.82, 2.24) is 25.0 Å². The summed E-state index contributed by atoms with van der Waals surface area (Å²) >= 11 is 0. The van der Waals surface area contributed by atoms with Crippen LogP contribution in [-0.4, -0.2) is 25.0 Å². The van der Waals surface area contributed by atoms with Crippen LogP contribution in [0.25, 0.3) is 11.2 Å². The second-order valence-electron chi connectivity index (χ2n) is 3.70. The Hall–Kier alpha value is -1.52. The summed E-state index contributed by atoms with van der Waals surface area (Å²) in [5.74, 6) is 0. The van der Waals surface area contributed by atoms with Gasteiger partial charge in [-0.15, -0.1) is 5.10 Å². The molecule has 0 saturated heterocycles. The first-order valence-electron chi connectivity index (χ1n) is 4.96. The van der Waals surface area contributed by atoms with Gasteiger partial charge < -0.3 is 0 Å². The molecule has 0 atom stereocenters. The van der Waals surface area contributed by atoms with Crippen molar-refractivity contribution < 1.29 is 0 Å². The highest BCUT2D eigenvalue weighted by atomic mass is 15.5. The Labute approximate surface area is 81.2 Å². The first-order valence-corrected chi connectivity index (χ1v) is 4.96. The Kier molecular flexibility index (Phi) is 1.68. The van der Waals surface area contributed by atoms with Gasteiger partial charge in [0, 0.05) is 0 Å². The van der Waals surface area contributed by atoms with Crippen molar-refractivity contribution in [3.8, 4) is 0 Å². The van der Waals surface area contributed by atoms with E-state index in [1.54, 1.807) is 12.5 Å². The molecule has 2 aromatic heterocycles. The summed E-state index contributed by atoms with van der Waals surface area (Å²) in [7, 11) is 0. The van der Waals surface area contributed by atoms with Crippen molar-refractivity contribution in [3.63, 3.8) is 0 Å². The van der Waals surface area contributed by atoms with Crippen LogP contribution in [0.3, 0.4) is 0 Å². The second-order valence-corrected chi connectivity index (χ2v) is 3.70. The van der Waals surface area contributed by atoms with Crippen LogP contribution in [0, 0.1) is 0 Å². The molecule has 72 valence electrons. The summed E-state index contributed by atoms with van der Waals surface area (Å²) in [6, 6.07) is 0.495. The maximum atomic E-state index is 4.21. The van der Waals surface area contributed by atoms with E-state index in [0.717, 1.165) is 11.2 Å². The molecule has 0 aromatic carbocycles. The minimum atomic E-state index is 0.495. The van der Waals surface area contributed by atoms with Gasteiger partial charge in [-0.3, -0.25) is 0 Å². The van der Waals surface area contributed by atoms with Crippen molar-refractivity contribution >= 4 is 11.2 Å². The molecule has 0 radical (unpaired) electrons. The number of rotatable bonds is 1. The molecule has 1 aliphatic carbocycles. The summed E-state index contributed by atoms with van der Waals surface area (Å²) in [6.07, 6.45) is 8.23. The number of fused-ring (bicyclic) bond motifs is 1. The molecule has 5 nitrogen and oxygen atoms in total. The first kappa shape index (κ1) is 7.84. The smallest absolute Gasteiger partial charge is 0.181 e. The lowest BCUT2D eigenvalue weighted by Crippen LogP contribution is -2.07. The van der Waals surface area contributed by atoms with E-state index in [2.05, 4.69) is 20.3 Å². The third-order valence-electron chi connectivity index (χ3n) is 2.81. The van der Waals surface area contributed by atoms with Crippen LogP contribution in [0.5, 0.6) is 0 Å². The lowest BCUT2D eigenvalue weighted by Gasteiger charge is -2.07. The fraction of sp³-hybridized carbons (Fsp3) is 0.556. The Morgan fingerprint density at radius 3 is 3.00 bits per heavy atom. The highest BCUT2D eigenvalue weighted by Crippen LogP contribution is 2.29. The molecule has 0 spiro atoms. The molecule has 2 aromatic rings. The van der Waals surface area contributed by atoms with E-state index in [0.29, 0.717) is 6.04 Å². The van der Waals surface area contributed by atoms with Crippen molar-refractivity contribution in [3.05, 3.63) is 12.5 Å². The van der Waals surface area contributed by atoms with E-state index in [1.807, 2.05) is 4.68 Å². The quantitative estimate of drug-likeness (QED) is 0.679. The largest absolute Gasteiger partial charge is 0.242 e. The van der Waals surface area contributed by atoms with E-state index in [9.17, 15) is 0 Å². The molecule has 14 heavy (non-hydrogen) atoms. The van der Waals surface area contributed by atoms with Gasteiger partial charge in [-0.25, -0.2) is 14.6 Å². The molecule has 1 aliphatic rings. The molecular formula is C9H11N5. The van der Waals surface area contributed by atoms with Crippen molar-refractivity contribution in [1.29, 1.82) is 0 Å². The standard InChI is InChI=1S/C9H11N5/c1-2-4-7(3-1)14-9-8(12-13-14)5-10-6-11-9/h5-7H,1-4H2. The Morgan fingerprint density at radius 2 is 2.14 bits per heavy atom. The molecule has 3 rings (SSSR count).